The molecule has 0 saturated heterocycles. The fourth-order valence-corrected chi connectivity index (χ4v) is 2.45. The fraction of sp³-hybridized carbons (Fsp3) is 0.188. The number of hydrogen-bond donors (Lipinski definition) is 0. The zero-order valence-electron chi connectivity index (χ0n) is 12.9. The number of aromatic nitrogens is 2. The lowest BCUT2D eigenvalue weighted by Gasteiger charge is -2.29. The van der Waals surface area contributed by atoms with Crippen molar-refractivity contribution in [3.8, 4) is 0 Å². The van der Waals surface area contributed by atoms with Crippen molar-refractivity contribution >= 4 is 23.6 Å². The van der Waals surface area contributed by atoms with E-state index in [1.807, 2.05) is 0 Å². The topological polar surface area (TPSA) is 92.6 Å². The molecule has 24 heavy (non-hydrogen) atoms. The maximum absolute atomic E-state index is 12.6. The lowest BCUT2D eigenvalue weighted by atomic mass is 10.1. The second-order valence-electron chi connectivity index (χ2n) is 5.30. The van der Waals surface area contributed by atoms with Gasteiger partial charge in [0.05, 0.1) is 17.7 Å². The van der Waals surface area contributed by atoms with Gasteiger partial charge in [-0.15, -0.1) is 0 Å². The molecule has 2 aromatic rings. The van der Waals surface area contributed by atoms with Crippen LogP contribution in [0, 0.1) is 0 Å². The third-order valence-corrected chi connectivity index (χ3v) is 3.64. The Morgan fingerprint density at radius 2 is 1.75 bits per heavy atom. The number of nitrogens with zero attached hydrogens (tertiary/aromatic N) is 4. The molecule has 0 saturated carbocycles. The van der Waals surface area contributed by atoms with Crippen LogP contribution in [0.2, 0.25) is 0 Å². The predicted molar refractivity (Wildman–Crippen MR) is 82.0 cm³/mol. The molecule has 1 aliphatic heterocycles. The molecule has 1 aromatic heterocycles. The van der Waals surface area contributed by atoms with E-state index in [1.54, 1.807) is 12.1 Å². The van der Waals surface area contributed by atoms with E-state index < -0.39 is 17.8 Å². The molecule has 122 valence electrons. The van der Waals surface area contributed by atoms with Crippen LogP contribution in [0.5, 0.6) is 0 Å². The molecule has 3 rings (SSSR count). The smallest absolute Gasteiger partial charge is 0.300 e. The average molecular weight is 326 g/mol. The van der Waals surface area contributed by atoms with Crippen molar-refractivity contribution in [1.82, 2.24) is 19.6 Å². The van der Waals surface area contributed by atoms with Gasteiger partial charge in [-0.2, -0.15) is 5.01 Å². The molecule has 0 radical (unpaired) electrons. The number of hydrogen-bond acceptors (Lipinski definition) is 5. The largest absolute Gasteiger partial charge is 0.348 e. The van der Waals surface area contributed by atoms with Crippen LogP contribution in [0.3, 0.4) is 0 Å². The number of imidazole rings is 1. The first kappa shape index (κ1) is 15.6. The SMILES string of the molecule is CC(=O)CCN(C(=O)n1ccnc1)N1C(=O)c2ccccc2C1=O. The van der Waals surface area contributed by atoms with Gasteiger partial charge in [0, 0.05) is 18.8 Å². The van der Waals surface area contributed by atoms with E-state index in [2.05, 4.69) is 4.98 Å². The molecule has 0 aliphatic carbocycles. The molecule has 0 fully saturated rings. The highest BCUT2D eigenvalue weighted by atomic mass is 16.2. The maximum Gasteiger partial charge on any atom is 0.348 e. The summed E-state index contributed by atoms with van der Waals surface area (Å²) >= 11 is 0. The summed E-state index contributed by atoms with van der Waals surface area (Å²) in [5, 5.41) is 1.77. The number of carbonyl (C=O) groups excluding carboxylic acids is 4. The van der Waals surface area contributed by atoms with Gasteiger partial charge >= 0.3 is 6.03 Å². The van der Waals surface area contributed by atoms with Gasteiger partial charge < -0.3 is 0 Å². The van der Waals surface area contributed by atoms with E-state index in [-0.39, 0.29) is 29.9 Å². The molecule has 1 aliphatic rings. The van der Waals surface area contributed by atoms with Gasteiger partial charge in [-0.3, -0.25) is 19.0 Å². The van der Waals surface area contributed by atoms with Crippen LogP contribution < -0.4 is 0 Å². The van der Waals surface area contributed by atoms with Gasteiger partial charge in [0.15, 0.2) is 0 Å². The summed E-state index contributed by atoms with van der Waals surface area (Å²) in [6.45, 7) is 1.29. The molecular weight excluding hydrogens is 312 g/mol. The molecule has 0 spiro atoms. The van der Waals surface area contributed by atoms with Gasteiger partial charge in [-0.1, -0.05) is 12.1 Å². The third-order valence-electron chi connectivity index (χ3n) is 3.64. The molecule has 2 heterocycles. The summed E-state index contributed by atoms with van der Waals surface area (Å²) in [5.74, 6) is -1.34. The van der Waals surface area contributed by atoms with Crippen molar-refractivity contribution < 1.29 is 19.2 Å². The zero-order valence-corrected chi connectivity index (χ0v) is 12.9. The molecule has 3 amide bonds. The summed E-state index contributed by atoms with van der Waals surface area (Å²) < 4.78 is 1.14. The molecule has 8 nitrogen and oxygen atoms in total. The monoisotopic (exact) mass is 326 g/mol. The van der Waals surface area contributed by atoms with Crippen LogP contribution in [0.4, 0.5) is 4.79 Å². The lowest BCUT2D eigenvalue weighted by molar-refractivity contribution is -0.117. The van der Waals surface area contributed by atoms with Gasteiger partial charge in [0.1, 0.15) is 12.1 Å². The van der Waals surface area contributed by atoms with Crippen LogP contribution in [0.1, 0.15) is 34.1 Å². The predicted octanol–water partition coefficient (Wildman–Crippen LogP) is 1.34. The highest BCUT2D eigenvalue weighted by Crippen LogP contribution is 2.24. The minimum Gasteiger partial charge on any atom is -0.300 e. The number of carbonyl (C=O) groups is 4. The van der Waals surface area contributed by atoms with Gasteiger partial charge in [-0.05, 0) is 19.1 Å². The quantitative estimate of drug-likeness (QED) is 0.791. The number of fused-ring (bicyclic) bond motifs is 1. The summed E-state index contributed by atoms with van der Waals surface area (Å²) in [4.78, 5) is 52.9. The number of hydrazine groups is 1. The molecule has 8 heteroatoms. The van der Waals surface area contributed by atoms with Crippen molar-refractivity contribution in [3.05, 3.63) is 54.1 Å². The second kappa shape index (κ2) is 6.07. The van der Waals surface area contributed by atoms with Crippen molar-refractivity contribution in [2.45, 2.75) is 13.3 Å². The number of Topliss-reactive ketones (excluding diaryl/α,β-unsaturated/α-hetero) is 1. The number of amides is 3. The number of ketones is 1. The molecule has 1 aromatic carbocycles. The normalized spacial score (nSPS) is 13.1. The highest BCUT2D eigenvalue weighted by Gasteiger charge is 2.41. The molecule has 0 N–H and O–H groups in total. The minimum atomic E-state index is -0.636. The first-order valence-corrected chi connectivity index (χ1v) is 7.27. The van der Waals surface area contributed by atoms with Crippen molar-refractivity contribution in [2.24, 2.45) is 0 Å². The van der Waals surface area contributed by atoms with Gasteiger partial charge in [0.2, 0.25) is 0 Å². The van der Waals surface area contributed by atoms with Crippen LogP contribution in [-0.4, -0.2) is 49.7 Å². The van der Waals surface area contributed by atoms with E-state index in [0.29, 0.717) is 0 Å². The number of rotatable bonds is 4. The zero-order chi connectivity index (χ0) is 17.3. The Labute approximate surface area is 137 Å². The Kier molecular flexibility index (Phi) is 3.95. The van der Waals surface area contributed by atoms with Crippen LogP contribution >= 0.6 is 0 Å². The Morgan fingerprint density at radius 3 is 2.25 bits per heavy atom. The fourth-order valence-electron chi connectivity index (χ4n) is 2.45. The Hall–Kier alpha value is -3.29. The van der Waals surface area contributed by atoms with E-state index >= 15 is 0 Å². The van der Waals surface area contributed by atoms with Crippen LogP contribution in [-0.2, 0) is 4.79 Å². The lowest BCUT2D eigenvalue weighted by Crippen LogP contribution is -2.51. The summed E-state index contributed by atoms with van der Waals surface area (Å²) in [5.41, 5.74) is 0.461. The summed E-state index contributed by atoms with van der Waals surface area (Å²) in [6, 6.07) is 5.71. The maximum atomic E-state index is 12.6. The third kappa shape index (κ3) is 2.58. The van der Waals surface area contributed by atoms with E-state index in [4.69, 9.17) is 0 Å². The van der Waals surface area contributed by atoms with Crippen LogP contribution in [0.15, 0.2) is 43.0 Å². The first-order chi connectivity index (χ1) is 11.5. The molecule has 0 atom stereocenters. The number of benzene rings is 1. The Balaban J connectivity index is 1.97. The standard InChI is InChI=1S/C16H14N4O4/c1-11(21)6-8-19(16(24)18-9-7-17-10-18)20-14(22)12-4-2-3-5-13(12)15(20)23/h2-5,7,9-10H,6,8H2,1H3. The molecular formula is C16H14N4O4. The Bertz CT molecular complexity index is 793. The van der Waals surface area contributed by atoms with Crippen molar-refractivity contribution in [2.75, 3.05) is 6.54 Å². The van der Waals surface area contributed by atoms with Crippen molar-refractivity contribution in [1.29, 1.82) is 0 Å². The minimum absolute atomic E-state index is 0.0217. The summed E-state index contributed by atoms with van der Waals surface area (Å²) in [7, 11) is 0. The number of imide groups is 1. The second-order valence-corrected chi connectivity index (χ2v) is 5.30. The van der Waals surface area contributed by atoms with Crippen LogP contribution in [0.25, 0.3) is 0 Å². The van der Waals surface area contributed by atoms with E-state index in [1.165, 1.54) is 37.8 Å². The average Bonchev–Trinajstić information content (AvgIpc) is 3.18. The summed E-state index contributed by atoms with van der Waals surface area (Å²) in [6.07, 6.45) is 4.10. The first-order valence-electron chi connectivity index (χ1n) is 7.27. The highest BCUT2D eigenvalue weighted by molar-refractivity contribution is 6.21. The van der Waals surface area contributed by atoms with Crippen molar-refractivity contribution in [3.63, 3.8) is 0 Å². The van der Waals surface area contributed by atoms with E-state index in [0.717, 1.165) is 14.6 Å². The Morgan fingerprint density at radius 1 is 1.12 bits per heavy atom. The molecule has 0 bridgehead atoms. The van der Waals surface area contributed by atoms with E-state index in [9.17, 15) is 19.2 Å². The van der Waals surface area contributed by atoms with Gasteiger partial charge in [-0.25, -0.2) is 14.8 Å². The van der Waals surface area contributed by atoms with Gasteiger partial charge in [0.25, 0.3) is 11.8 Å². The molecule has 0 unspecified atom stereocenters.